The van der Waals surface area contributed by atoms with Crippen molar-refractivity contribution in [2.45, 2.75) is 18.6 Å². The number of aromatic nitrogens is 2. The first-order chi connectivity index (χ1) is 9.09. The number of hydrogen-bond donors (Lipinski definition) is 4. The number of aromatic amines is 1. The van der Waals surface area contributed by atoms with Crippen LogP contribution in [-0.2, 0) is 21.4 Å². The Morgan fingerprint density at radius 2 is 2.15 bits per heavy atom. The van der Waals surface area contributed by atoms with Crippen LogP contribution in [0.25, 0.3) is 0 Å². The molecular weight excluding hydrogens is 305 g/mol. The van der Waals surface area contributed by atoms with E-state index in [2.05, 4.69) is 9.97 Å². The Hall–Kier alpha value is -1.66. The highest BCUT2D eigenvalue weighted by atomic mass is 32.2. The van der Waals surface area contributed by atoms with Crippen molar-refractivity contribution in [2.75, 3.05) is 6.54 Å². The van der Waals surface area contributed by atoms with Crippen molar-refractivity contribution in [3.8, 4) is 0 Å². The summed E-state index contributed by atoms with van der Waals surface area (Å²) in [7, 11) is -4.60. The molecule has 4 N–H and O–H groups in total. The molecule has 1 aromatic rings. The molecule has 1 aromatic heterocycles. The third-order valence-electron chi connectivity index (χ3n) is 2.04. The Morgan fingerprint density at radius 3 is 2.60 bits per heavy atom. The summed E-state index contributed by atoms with van der Waals surface area (Å²) >= 11 is 0. The van der Waals surface area contributed by atoms with Gasteiger partial charge in [0.15, 0.2) is 0 Å². The number of halogens is 3. The molecule has 8 nitrogen and oxygen atoms in total. The first-order valence-electron chi connectivity index (χ1n) is 5.13. The van der Waals surface area contributed by atoms with Crippen LogP contribution >= 0.6 is 0 Å². The Bertz CT molecular complexity index is 543. The molecule has 1 unspecified atom stereocenters. The lowest BCUT2D eigenvalue weighted by atomic mass is 10.2. The lowest BCUT2D eigenvalue weighted by Crippen LogP contribution is -2.49. The molecule has 0 fully saturated rings. The Morgan fingerprint density at radius 1 is 1.50 bits per heavy atom. The molecule has 0 bridgehead atoms. The molecule has 1 atom stereocenters. The summed E-state index contributed by atoms with van der Waals surface area (Å²) in [5.74, 6) is -1.53. The average Bonchev–Trinajstić information content (AvgIpc) is 2.77. The summed E-state index contributed by atoms with van der Waals surface area (Å²) in [5.41, 5.74) is 0.316. The summed E-state index contributed by atoms with van der Waals surface area (Å²) in [6, 6.07) is -1.62. The van der Waals surface area contributed by atoms with Crippen molar-refractivity contribution in [2.24, 2.45) is 0 Å². The molecule has 0 spiro atoms. The van der Waals surface area contributed by atoms with Crippen molar-refractivity contribution in [3.63, 3.8) is 0 Å². The second-order valence-corrected chi connectivity index (χ2v) is 5.26. The summed E-state index contributed by atoms with van der Waals surface area (Å²) in [5, 5.41) is 8.85. The molecule has 0 radical (unpaired) electrons. The van der Waals surface area contributed by atoms with Crippen LogP contribution in [0.4, 0.5) is 13.2 Å². The summed E-state index contributed by atoms with van der Waals surface area (Å²) in [6.07, 6.45) is -2.50. The van der Waals surface area contributed by atoms with Gasteiger partial charge in [0.25, 0.3) is 10.2 Å². The maximum absolute atomic E-state index is 11.9. The van der Waals surface area contributed by atoms with Crippen molar-refractivity contribution >= 4 is 16.2 Å². The zero-order valence-corrected chi connectivity index (χ0v) is 10.6. The van der Waals surface area contributed by atoms with Crippen LogP contribution in [0.5, 0.6) is 0 Å². The van der Waals surface area contributed by atoms with Gasteiger partial charge in [-0.2, -0.15) is 31.0 Å². The quantitative estimate of drug-likeness (QED) is 0.534. The third-order valence-corrected chi connectivity index (χ3v) is 3.16. The highest BCUT2D eigenvalue weighted by Crippen LogP contribution is 2.12. The topological polar surface area (TPSA) is 124 Å². The molecule has 0 aromatic carbocycles. The van der Waals surface area contributed by atoms with Crippen LogP contribution in [0.2, 0.25) is 0 Å². The molecule has 114 valence electrons. The molecule has 1 rings (SSSR count). The monoisotopic (exact) mass is 316 g/mol. The number of rotatable bonds is 7. The highest BCUT2D eigenvalue weighted by Gasteiger charge is 2.31. The van der Waals surface area contributed by atoms with Gasteiger partial charge in [-0.15, -0.1) is 0 Å². The lowest BCUT2D eigenvalue weighted by Gasteiger charge is -2.15. The predicted molar refractivity (Wildman–Crippen MR) is 59.8 cm³/mol. The number of aliphatic carboxylic acids is 1. The van der Waals surface area contributed by atoms with E-state index in [1.807, 2.05) is 0 Å². The van der Waals surface area contributed by atoms with E-state index in [9.17, 15) is 26.4 Å². The second-order valence-electron chi connectivity index (χ2n) is 3.73. The largest absolute Gasteiger partial charge is 0.480 e. The van der Waals surface area contributed by atoms with Crippen molar-refractivity contribution in [3.05, 3.63) is 18.2 Å². The van der Waals surface area contributed by atoms with Gasteiger partial charge in [0.05, 0.1) is 6.33 Å². The number of hydrogen-bond acceptors (Lipinski definition) is 4. The smallest absolute Gasteiger partial charge is 0.402 e. The Balaban J connectivity index is 2.67. The fraction of sp³-hybridized carbons (Fsp3) is 0.500. The van der Waals surface area contributed by atoms with E-state index in [0.717, 1.165) is 0 Å². The number of H-pyrrole nitrogens is 1. The number of carboxylic acid groups (broad SMARTS) is 1. The van der Waals surface area contributed by atoms with Crippen LogP contribution in [0.3, 0.4) is 0 Å². The van der Waals surface area contributed by atoms with Crippen LogP contribution < -0.4 is 9.44 Å². The Kier molecular flexibility index (Phi) is 5.08. The molecule has 0 aliphatic heterocycles. The molecule has 0 amide bonds. The van der Waals surface area contributed by atoms with Gasteiger partial charge in [0.1, 0.15) is 12.6 Å². The average molecular weight is 316 g/mol. The fourth-order valence-corrected chi connectivity index (χ4v) is 2.20. The van der Waals surface area contributed by atoms with Gasteiger partial charge in [-0.3, -0.25) is 4.79 Å². The normalized spacial score (nSPS) is 14.2. The van der Waals surface area contributed by atoms with E-state index in [0.29, 0.717) is 5.69 Å². The molecule has 0 saturated carbocycles. The minimum atomic E-state index is -4.74. The van der Waals surface area contributed by atoms with E-state index in [1.165, 1.54) is 17.2 Å². The number of alkyl halides is 3. The zero-order chi connectivity index (χ0) is 15.4. The van der Waals surface area contributed by atoms with Crippen molar-refractivity contribution < 1.29 is 31.5 Å². The first-order valence-corrected chi connectivity index (χ1v) is 6.61. The van der Waals surface area contributed by atoms with Crippen LogP contribution in [0.15, 0.2) is 12.5 Å². The van der Waals surface area contributed by atoms with Gasteiger partial charge in [0, 0.05) is 18.3 Å². The molecule has 0 saturated heterocycles. The van der Waals surface area contributed by atoms with Gasteiger partial charge in [0.2, 0.25) is 0 Å². The number of carboxylic acids is 1. The predicted octanol–water partition coefficient (Wildman–Crippen LogP) is -0.608. The van der Waals surface area contributed by atoms with Crippen LogP contribution in [0.1, 0.15) is 5.69 Å². The molecule has 1 heterocycles. The molecule has 0 aliphatic carbocycles. The molecule has 0 aliphatic rings. The van der Waals surface area contributed by atoms with Crippen LogP contribution in [-0.4, -0.2) is 48.2 Å². The van der Waals surface area contributed by atoms with E-state index >= 15 is 0 Å². The minimum absolute atomic E-state index is 0.289. The lowest BCUT2D eigenvalue weighted by molar-refractivity contribution is -0.138. The van der Waals surface area contributed by atoms with E-state index in [-0.39, 0.29) is 6.42 Å². The number of nitrogens with zero attached hydrogens (tertiary/aromatic N) is 1. The SMILES string of the molecule is O=C(O)C(Cc1cnc[nH]1)NS(=O)(=O)NCC(F)(F)F. The number of imidazole rings is 1. The van der Waals surface area contributed by atoms with E-state index < -0.39 is 34.9 Å². The minimum Gasteiger partial charge on any atom is -0.480 e. The highest BCUT2D eigenvalue weighted by molar-refractivity contribution is 7.87. The fourth-order valence-electron chi connectivity index (χ4n) is 1.20. The van der Waals surface area contributed by atoms with Gasteiger partial charge >= 0.3 is 12.1 Å². The standard InChI is InChI=1S/C8H11F3N4O4S/c9-8(10,11)3-14-20(18,19)15-6(7(16)17)1-5-2-12-4-13-5/h2,4,6,14-15H,1,3H2,(H,12,13)(H,16,17). The number of carbonyl (C=O) groups is 1. The van der Waals surface area contributed by atoms with Crippen molar-refractivity contribution in [1.82, 2.24) is 19.4 Å². The molecule has 20 heavy (non-hydrogen) atoms. The maximum Gasteiger partial charge on any atom is 0.402 e. The van der Waals surface area contributed by atoms with Gasteiger partial charge in [-0.25, -0.2) is 4.98 Å². The Labute approximate surface area is 111 Å². The van der Waals surface area contributed by atoms with Crippen molar-refractivity contribution in [1.29, 1.82) is 0 Å². The molecular formula is C8H11F3N4O4S. The second kappa shape index (κ2) is 6.19. The zero-order valence-electron chi connectivity index (χ0n) is 9.81. The summed E-state index contributed by atoms with van der Waals surface area (Å²) < 4.78 is 61.2. The van der Waals surface area contributed by atoms with Gasteiger partial charge in [-0.1, -0.05) is 0 Å². The van der Waals surface area contributed by atoms with Gasteiger partial charge in [-0.05, 0) is 0 Å². The van der Waals surface area contributed by atoms with Crippen LogP contribution in [0, 0.1) is 0 Å². The first kappa shape index (κ1) is 16.4. The molecule has 12 heteroatoms. The third kappa shape index (κ3) is 5.99. The van der Waals surface area contributed by atoms with E-state index in [1.54, 1.807) is 4.72 Å². The maximum atomic E-state index is 11.9. The van der Waals surface area contributed by atoms with Gasteiger partial charge < -0.3 is 10.1 Å². The number of nitrogens with one attached hydrogen (secondary N) is 3. The summed E-state index contributed by atoms with van der Waals surface area (Å²) in [6.45, 7) is -1.79. The summed E-state index contributed by atoms with van der Waals surface area (Å²) in [4.78, 5) is 17.1. The van der Waals surface area contributed by atoms with E-state index in [4.69, 9.17) is 5.11 Å².